The van der Waals surface area contributed by atoms with E-state index in [1.807, 2.05) is 29.6 Å². The second-order valence-corrected chi connectivity index (χ2v) is 3.78. The Kier molecular flexibility index (Phi) is 2.41. The zero-order valence-corrected chi connectivity index (χ0v) is 8.54. The van der Waals surface area contributed by atoms with Crippen LogP contribution in [0.25, 0.3) is 10.4 Å². The van der Waals surface area contributed by atoms with Crippen molar-refractivity contribution in [2.45, 2.75) is 0 Å². The number of benzene rings is 1. The summed E-state index contributed by atoms with van der Waals surface area (Å²) in [5, 5.41) is 11.4. The molecule has 0 radical (unpaired) electrons. The number of ether oxygens (including phenoxy) is 1. The molecule has 1 aromatic carbocycles. The van der Waals surface area contributed by atoms with Gasteiger partial charge in [-0.15, -0.1) is 11.3 Å². The van der Waals surface area contributed by atoms with Crippen molar-refractivity contribution in [2.75, 3.05) is 7.11 Å². The minimum absolute atomic E-state index is 0.333. The van der Waals surface area contributed by atoms with Crippen molar-refractivity contribution in [2.24, 2.45) is 0 Å². The summed E-state index contributed by atoms with van der Waals surface area (Å²) in [6, 6.07) is 9.34. The molecule has 0 atom stereocenters. The van der Waals surface area contributed by atoms with Gasteiger partial charge in [-0.1, -0.05) is 0 Å². The van der Waals surface area contributed by atoms with Gasteiger partial charge in [0.2, 0.25) is 0 Å². The summed E-state index contributed by atoms with van der Waals surface area (Å²) in [5.74, 6) is 1.16. The van der Waals surface area contributed by atoms with Crippen molar-refractivity contribution in [3.05, 3.63) is 35.7 Å². The molecular weight excluding hydrogens is 196 g/mol. The highest BCUT2D eigenvalue weighted by atomic mass is 32.1. The predicted molar refractivity (Wildman–Crippen MR) is 58.0 cm³/mol. The fraction of sp³-hybridized carbons (Fsp3) is 0.0909. The maximum atomic E-state index is 9.51. The molecule has 0 aliphatic carbocycles. The predicted octanol–water partition coefficient (Wildman–Crippen LogP) is 3.13. The Hall–Kier alpha value is -1.48. The minimum Gasteiger partial charge on any atom is -0.506 e. The van der Waals surface area contributed by atoms with Crippen LogP contribution in [0, 0.1) is 0 Å². The maximum Gasteiger partial charge on any atom is 0.134 e. The Bertz CT molecular complexity index is 417. The third kappa shape index (κ3) is 1.59. The summed E-state index contributed by atoms with van der Waals surface area (Å²) in [5.41, 5.74) is 1.01. The monoisotopic (exact) mass is 206 g/mol. The van der Waals surface area contributed by atoms with Crippen LogP contribution in [0.3, 0.4) is 0 Å². The quantitative estimate of drug-likeness (QED) is 0.818. The molecule has 1 N–H and O–H groups in total. The lowest BCUT2D eigenvalue weighted by atomic mass is 10.2. The van der Waals surface area contributed by atoms with Gasteiger partial charge in [-0.25, -0.2) is 0 Å². The molecule has 1 aromatic heterocycles. The number of hydrogen-bond acceptors (Lipinski definition) is 3. The first kappa shape index (κ1) is 9.09. The van der Waals surface area contributed by atoms with Crippen molar-refractivity contribution in [3.63, 3.8) is 0 Å². The summed E-state index contributed by atoms with van der Waals surface area (Å²) in [6.45, 7) is 0. The van der Waals surface area contributed by atoms with Gasteiger partial charge in [-0.05, 0) is 41.3 Å². The number of methoxy groups -OCH3 is 1. The fourth-order valence-electron chi connectivity index (χ4n) is 1.26. The molecule has 0 saturated carbocycles. The molecule has 2 rings (SSSR count). The van der Waals surface area contributed by atoms with Crippen molar-refractivity contribution >= 4 is 11.3 Å². The second-order valence-electron chi connectivity index (χ2n) is 2.86. The van der Waals surface area contributed by atoms with Gasteiger partial charge in [0.1, 0.15) is 11.5 Å². The lowest BCUT2D eigenvalue weighted by molar-refractivity contribution is 0.415. The van der Waals surface area contributed by atoms with E-state index in [9.17, 15) is 5.11 Å². The Morgan fingerprint density at radius 1 is 1.14 bits per heavy atom. The van der Waals surface area contributed by atoms with E-state index in [4.69, 9.17) is 4.74 Å². The number of thiophene rings is 1. The van der Waals surface area contributed by atoms with Crippen LogP contribution in [-0.2, 0) is 0 Å². The summed E-state index contributed by atoms with van der Waals surface area (Å²) >= 11 is 1.53. The molecule has 2 aromatic rings. The van der Waals surface area contributed by atoms with Gasteiger partial charge in [0, 0.05) is 0 Å². The van der Waals surface area contributed by atoms with E-state index >= 15 is 0 Å². The smallest absolute Gasteiger partial charge is 0.134 e. The molecule has 0 spiro atoms. The average molecular weight is 206 g/mol. The van der Waals surface area contributed by atoms with Crippen molar-refractivity contribution in [1.82, 2.24) is 0 Å². The molecule has 3 heteroatoms. The van der Waals surface area contributed by atoms with Crippen LogP contribution in [0.1, 0.15) is 0 Å². The number of rotatable bonds is 2. The van der Waals surface area contributed by atoms with E-state index in [0.29, 0.717) is 5.75 Å². The van der Waals surface area contributed by atoms with E-state index in [1.54, 1.807) is 13.2 Å². The highest BCUT2D eigenvalue weighted by Gasteiger charge is 2.04. The second kappa shape index (κ2) is 3.72. The lowest BCUT2D eigenvalue weighted by Crippen LogP contribution is -1.81. The SMILES string of the molecule is COc1ccc(-c2sccc2O)cc1. The highest BCUT2D eigenvalue weighted by molar-refractivity contribution is 7.14. The van der Waals surface area contributed by atoms with Gasteiger partial charge in [-0.2, -0.15) is 0 Å². The van der Waals surface area contributed by atoms with Crippen LogP contribution < -0.4 is 4.74 Å². The summed E-state index contributed by atoms with van der Waals surface area (Å²) in [6.07, 6.45) is 0. The van der Waals surface area contributed by atoms with E-state index in [2.05, 4.69) is 0 Å². The Labute approximate surface area is 86.4 Å². The average Bonchev–Trinajstić information content (AvgIpc) is 2.65. The summed E-state index contributed by atoms with van der Waals surface area (Å²) < 4.78 is 5.06. The zero-order chi connectivity index (χ0) is 9.97. The summed E-state index contributed by atoms with van der Waals surface area (Å²) in [7, 11) is 1.64. The number of aromatic hydroxyl groups is 1. The van der Waals surface area contributed by atoms with E-state index in [0.717, 1.165) is 16.2 Å². The van der Waals surface area contributed by atoms with Crippen LogP contribution in [0.4, 0.5) is 0 Å². The van der Waals surface area contributed by atoms with Crippen molar-refractivity contribution < 1.29 is 9.84 Å². The van der Waals surface area contributed by atoms with Gasteiger partial charge < -0.3 is 9.84 Å². The van der Waals surface area contributed by atoms with Crippen LogP contribution in [0.5, 0.6) is 11.5 Å². The third-order valence-electron chi connectivity index (χ3n) is 2.00. The number of hydrogen-bond donors (Lipinski definition) is 1. The molecule has 2 nitrogen and oxygen atoms in total. The molecule has 0 fully saturated rings. The summed E-state index contributed by atoms with van der Waals surface area (Å²) in [4.78, 5) is 0.896. The molecule has 72 valence electrons. The molecule has 0 unspecified atom stereocenters. The van der Waals surface area contributed by atoms with E-state index < -0.39 is 0 Å². The first-order valence-corrected chi connectivity index (χ1v) is 5.10. The first-order valence-electron chi connectivity index (χ1n) is 4.22. The molecular formula is C11H10O2S. The van der Waals surface area contributed by atoms with Gasteiger partial charge in [-0.3, -0.25) is 0 Å². The third-order valence-corrected chi connectivity index (χ3v) is 2.95. The van der Waals surface area contributed by atoms with Crippen LogP contribution in [-0.4, -0.2) is 12.2 Å². The topological polar surface area (TPSA) is 29.5 Å². The van der Waals surface area contributed by atoms with Gasteiger partial charge in [0.15, 0.2) is 0 Å². The molecule has 0 amide bonds. The Morgan fingerprint density at radius 3 is 2.36 bits per heavy atom. The lowest BCUT2D eigenvalue weighted by Gasteiger charge is -2.01. The zero-order valence-electron chi connectivity index (χ0n) is 7.73. The standard InChI is InChI=1S/C11H10O2S/c1-13-9-4-2-8(3-5-9)11-10(12)6-7-14-11/h2-7,12H,1H3. The molecule has 0 bridgehead atoms. The Balaban J connectivity index is 2.39. The van der Waals surface area contributed by atoms with Gasteiger partial charge in [0.05, 0.1) is 12.0 Å². The van der Waals surface area contributed by atoms with E-state index in [-0.39, 0.29) is 0 Å². The van der Waals surface area contributed by atoms with Crippen LogP contribution >= 0.6 is 11.3 Å². The van der Waals surface area contributed by atoms with Crippen molar-refractivity contribution in [3.8, 4) is 21.9 Å². The van der Waals surface area contributed by atoms with Gasteiger partial charge >= 0.3 is 0 Å². The van der Waals surface area contributed by atoms with Gasteiger partial charge in [0.25, 0.3) is 0 Å². The maximum absolute atomic E-state index is 9.51. The minimum atomic E-state index is 0.333. The molecule has 0 aliphatic heterocycles. The largest absolute Gasteiger partial charge is 0.506 e. The van der Waals surface area contributed by atoms with Crippen LogP contribution in [0.15, 0.2) is 35.7 Å². The molecule has 0 saturated heterocycles. The highest BCUT2D eigenvalue weighted by Crippen LogP contribution is 2.34. The Morgan fingerprint density at radius 2 is 1.86 bits per heavy atom. The normalized spacial score (nSPS) is 10.1. The first-order chi connectivity index (χ1) is 6.81. The molecule has 14 heavy (non-hydrogen) atoms. The fourth-order valence-corrected chi connectivity index (χ4v) is 2.05. The molecule has 0 aliphatic rings. The van der Waals surface area contributed by atoms with Crippen LogP contribution in [0.2, 0.25) is 0 Å². The van der Waals surface area contributed by atoms with E-state index in [1.165, 1.54) is 11.3 Å². The molecule has 1 heterocycles. The van der Waals surface area contributed by atoms with Crippen molar-refractivity contribution in [1.29, 1.82) is 0 Å².